The molecule has 1 aliphatic rings. The van der Waals surface area contributed by atoms with Crippen molar-refractivity contribution in [1.29, 1.82) is 0 Å². The van der Waals surface area contributed by atoms with E-state index in [2.05, 4.69) is 37.4 Å². The summed E-state index contributed by atoms with van der Waals surface area (Å²) in [5.41, 5.74) is 4.36. The molecule has 0 saturated carbocycles. The molecule has 0 radical (unpaired) electrons. The molecule has 0 amide bonds. The Bertz CT molecular complexity index is 267. The predicted octanol–water partition coefficient (Wildman–Crippen LogP) is 2.34. The molecule has 1 heteroatoms. The van der Waals surface area contributed by atoms with E-state index in [1.807, 2.05) is 0 Å². The van der Waals surface area contributed by atoms with Crippen LogP contribution in [-0.2, 0) is 0 Å². The smallest absolute Gasteiger partial charge is 0.0337 e. The Morgan fingerprint density at radius 1 is 1.25 bits per heavy atom. The van der Waals surface area contributed by atoms with Crippen molar-refractivity contribution in [3.63, 3.8) is 0 Å². The molecular weight excluding hydrogens is 146 g/mol. The van der Waals surface area contributed by atoms with E-state index < -0.39 is 0 Å². The Balaban J connectivity index is 2.39. The van der Waals surface area contributed by atoms with Crippen LogP contribution in [0.2, 0.25) is 0 Å². The highest BCUT2D eigenvalue weighted by Crippen LogP contribution is 2.28. The molecule has 1 fully saturated rings. The van der Waals surface area contributed by atoms with Crippen molar-refractivity contribution in [1.82, 2.24) is 5.32 Å². The van der Waals surface area contributed by atoms with Crippen LogP contribution in [0.1, 0.15) is 29.2 Å². The zero-order valence-electron chi connectivity index (χ0n) is 7.72. The van der Waals surface area contributed by atoms with Crippen LogP contribution in [-0.4, -0.2) is 6.54 Å². The van der Waals surface area contributed by atoms with E-state index in [0.29, 0.717) is 6.04 Å². The van der Waals surface area contributed by atoms with E-state index in [1.165, 1.54) is 29.7 Å². The van der Waals surface area contributed by atoms with Crippen molar-refractivity contribution in [2.45, 2.75) is 26.3 Å². The Labute approximate surface area is 73.8 Å². The lowest BCUT2D eigenvalue weighted by Gasteiger charge is -2.30. The highest BCUT2D eigenvalue weighted by Gasteiger charge is 2.21. The summed E-state index contributed by atoms with van der Waals surface area (Å²) in [5.74, 6) is 0. The summed E-state index contributed by atoms with van der Waals surface area (Å²) in [7, 11) is 0. The van der Waals surface area contributed by atoms with Crippen molar-refractivity contribution in [3.05, 3.63) is 34.9 Å². The van der Waals surface area contributed by atoms with Gasteiger partial charge in [-0.15, -0.1) is 0 Å². The molecule has 0 bridgehead atoms. The largest absolute Gasteiger partial charge is 0.310 e. The fourth-order valence-corrected chi connectivity index (χ4v) is 1.91. The van der Waals surface area contributed by atoms with Crippen LogP contribution in [0.3, 0.4) is 0 Å². The molecule has 1 atom stereocenters. The van der Waals surface area contributed by atoms with Crippen molar-refractivity contribution in [2.24, 2.45) is 0 Å². The Morgan fingerprint density at radius 2 is 1.83 bits per heavy atom. The van der Waals surface area contributed by atoms with E-state index in [9.17, 15) is 0 Å². The van der Waals surface area contributed by atoms with Crippen LogP contribution in [0.4, 0.5) is 0 Å². The molecule has 1 aromatic carbocycles. The lowest BCUT2D eigenvalue weighted by atomic mass is 9.90. The quantitative estimate of drug-likeness (QED) is 0.666. The number of hydrogen-bond acceptors (Lipinski definition) is 1. The summed E-state index contributed by atoms with van der Waals surface area (Å²) >= 11 is 0. The highest BCUT2D eigenvalue weighted by atomic mass is 15.0. The summed E-state index contributed by atoms with van der Waals surface area (Å²) in [6.45, 7) is 5.57. The van der Waals surface area contributed by atoms with Crippen molar-refractivity contribution < 1.29 is 0 Å². The average molecular weight is 161 g/mol. The van der Waals surface area contributed by atoms with Crippen molar-refractivity contribution in [2.75, 3.05) is 6.54 Å². The molecule has 0 spiro atoms. The van der Waals surface area contributed by atoms with Crippen LogP contribution in [0.25, 0.3) is 0 Å². The maximum atomic E-state index is 3.44. The number of aryl methyl sites for hydroxylation is 2. The molecule has 2 rings (SSSR count). The Hall–Kier alpha value is -0.820. The number of rotatable bonds is 1. The van der Waals surface area contributed by atoms with Crippen molar-refractivity contribution in [3.8, 4) is 0 Å². The second-order valence-corrected chi connectivity index (χ2v) is 3.60. The van der Waals surface area contributed by atoms with Crippen LogP contribution in [0.5, 0.6) is 0 Å². The molecule has 1 saturated heterocycles. The second kappa shape index (κ2) is 2.91. The number of benzene rings is 1. The standard InChI is InChI=1S/C11H15N/c1-8-4-3-5-9(2)11(8)10-6-7-12-10/h3-5,10,12H,6-7H2,1-2H3. The van der Waals surface area contributed by atoms with Gasteiger partial charge in [0.05, 0.1) is 0 Å². The van der Waals surface area contributed by atoms with Gasteiger partial charge in [-0.2, -0.15) is 0 Å². The summed E-state index contributed by atoms with van der Waals surface area (Å²) in [4.78, 5) is 0. The zero-order chi connectivity index (χ0) is 8.55. The van der Waals surface area contributed by atoms with Gasteiger partial charge in [-0.25, -0.2) is 0 Å². The maximum absolute atomic E-state index is 3.44. The molecule has 0 aromatic heterocycles. The zero-order valence-corrected chi connectivity index (χ0v) is 7.72. The van der Waals surface area contributed by atoms with Gasteiger partial charge in [0, 0.05) is 6.04 Å². The fourth-order valence-electron chi connectivity index (χ4n) is 1.91. The van der Waals surface area contributed by atoms with Crippen molar-refractivity contribution >= 4 is 0 Å². The summed E-state index contributed by atoms with van der Waals surface area (Å²) in [6, 6.07) is 7.16. The third-order valence-electron chi connectivity index (χ3n) is 2.71. The minimum atomic E-state index is 0.631. The van der Waals surface area contributed by atoms with Gasteiger partial charge in [0.25, 0.3) is 0 Å². The number of hydrogen-bond donors (Lipinski definition) is 1. The molecule has 1 nitrogen and oxygen atoms in total. The van der Waals surface area contributed by atoms with Crippen LogP contribution in [0.15, 0.2) is 18.2 Å². The molecular formula is C11H15N. The first-order chi connectivity index (χ1) is 5.79. The predicted molar refractivity (Wildman–Crippen MR) is 51.3 cm³/mol. The second-order valence-electron chi connectivity index (χ2n) is 3.60. The van der Waals surface area contributed by atoms with Gasteiger partial charge < -0.3 is 5.32 Å². The van der Waals surface area contributed by atoms with Crippen LogP contribution >= 0.6 is 0 Å². The van der Waals surface area contributed by atoms with Gasteiger partial charge in [-0.1, -0.05) is 18.2 Å². The van der Waals surface area contributed by atoms with Gasteiger partial charge in [0.2, 0.25) is 0 Å². The number of nitrogens with one attached hydrogen (secondary N) is 1. The topological polar surface area (TPSA) is 12.0 Å². The molecule has 0 aliphatic carbocycles. The first-order valence-corrected chi connectivity index (χ1v) is 4.58. The minimum absolute atomic E-state index is 0.631. The van der Waals surface area contributed by atoms with Gasteiger partial charge in [-0.05, 0) is 43.5 Å². The normalized spacial score (nSPS) is 22.0. The summed E-state index contributed by atoms with van der Waals surface area (Å²) in [5, 5.41) is 3.44. The van der Waals surface area contributed by atoms with E-state index in [0.717, 1.165) is 0 Å². The molecule has 64 valence electrons. The molecule has 1 unspecified atom stereocenters. The van der Waals surface area contributed by atoms with E-state index in [-0.39, 0.29) is 0 Å². The van der Waals surface area contributed by atoms with E-state index in [1.54, 1.807) is 0 Å². The monoisotopic (exact) mass is 161 g/mol. The Kier molecular flexibility index (Phi) is 1.89. The van der Waals surface area contributed by atoms with E-state index >= 15 is 0 Å². The van der Waals surface area contributed by atoms with Gasteiger partial charge in [0.1, 0.15) is 0 Å². The van der Waals surface area contributed by atoms with Crippen LogP contribution < -0.4 is 5.32 Å². The Morgan fingerprint density at radius 3 is 2.25 bits per heavy atom. The molecule has 1 aromatic rings. The van der Waals surface area contributed by atoms with Gasteiger partial charge in [0.15, 0.2) is 0 Å². The first-order valence-electron chi connectivity index (χ1n) is 4.58. The fraction of sp³-hybridized carbons (Fsp3) is 0.455. The van der Waals surface area contributed by atoms with Gasteiger partial charge >= 0.3 is 0 Å². The maximum Gasteiger partial charge on any atom is 0.0337 e. The lowest BCUT2D eigenvalue weighted by Crippen LogP contribution is -2.35. The van der Waals surface area contributed by atoms with E-state index in [4.69, 9.17) is 0 Å². The lowest BCUT2D eigenvalue weighted by molar-refractivity contribution is 0.380. The summed E-state index contributed by atoms with van der Waals surface area (Å²) in [6.07, 6.45) is 1.30. The SMILES string of the molecule is Cc1cccc(C)c1C1CCN1. The highest BCUT2D eigenvalue weighted by molar-refractivity contribution is 5.37. The third-order valence-corrected chi connectivity index (χ3v) is 2.71. The summed E-state index contributed by atoms with van der Waals surface area (Å²) < 4.78 is 0. The molecule has 1 heterocycles. The molecule has 1 aliphatic heterocycles. The minimum Gasteiger partial charge on any atom is -0.310 e. The average Bonchev–Trinajstić information content (AvgIpc) is 1.93. The van der Waals surface area contributed by atoms with Gasteiger partial charge in [-0.3, -0.25) is 0 Å². The van der Waals surface area contributed by atoms with Crippen LogP contribution in [0, 0.1) is 13.8 Å². The molecule has 1 N–H and O–H groups in total. The third kappa shape index (κ3) is 1.14. The molecule has 12 heavy (non-hydrogen) atoms. The first kappa shape index (κ1) is 7.81.